The summed E-state index contributed by atoms with van der Waals surface area (Å²) in [6, 6.07) is 12.1. The second-order valence-electron chi connectivity index (χ2n) is 4.90. The first-order valence-corrected chi connectivity index (χ1v) is 8.12. The summed E-state index contributed by atoms with van der Waals surface area (Å²) in [4.78, 5) is 12.3. The molecule has 0 saturated carbocycles. The summed E-state index contributed by atoms with van der Waals surface area (Å²) < 4.78 is 16.4. The number of rotatable bonds is 7. The Morgan fingerprint density at radius 1 is 1.16 bits per heavy atom. The summed E-state index contributed by atoms with van der Waals surface area (Å²) >= 11 is 3.45. The molecule has 128 valence electrons. The van der Waals surface area contributed by atoms with Crippen LogP contribution in [0.3, 0.4) is 0 Å². The number of ether oxygens (including phenoxy) is 3. The van der Waals surface area contributed by atoms with Gasteiger partial charge in [-0.3, -0.25) is 4.79 Å². The number of nitriles is 1. The second-order valence-corrected chi connectivity index (χ2v) is 5.75. The Morgan fingerprint density at radius 3 is 2.40 bits per heavy atom. The third-order valence-corrected chi connectivity index (χ3v) is 4.05. The highest BCUT2D eigenvalue weighted by atomic mass is 79.9. The van der Waals surface area contributed by atoms with Crippen LogP contribution in [-0.2, 0) is 0 Å². The Kier molecular flexibility index (Phi) is 6.61. The Balaban J connectivity index is 2.16. The molecule has 2 aromatic rings. The van der Waals surface area contributed by atoms with Gasteiger partial charge in [0.15, 0.2) is 23.9 Å². The summed E-state index contributed by atoms with van der Waals surface area (Å²) in [6.07, 6.45) is 3.19. The normalized spacial score (nSPS) is 10.3. The van der Waals surface area contributed by atoms with Crippen molar-refractivity contribution >= 4 is 27.8 Å². The number of halogens is 1. The van der Waals surface area contributed by atoms with E-state index in [2.05, 4.69) is 15.9 Å². The summed E-state index contributed by atoms with van der Waals surface area (Å²) in [5.41, 5.74) is 1.32. The molecule has 0 aliphatic heterocycles. The Bertz CT molecular complexity index is 823. The Labute approximate surface area is 154 Å². The molecule has 0 aromatic heterocycles. The first-order chi connectivity index (χ1) is 12.1. The van der Waals surface area contributed by atoms with E-state index in [0.29, 0.717) is 22.8 Å². The fourth-order valence-corrected chi connectivity index (χ4v) is 2.54. The Hall–Kier alpha value is -2.78. The van der Waals surface area contributed by atoms with E-state index in [9.17, 15) is 4.79 Å². The Morgan fingerprint density at radius 2 is 1.80 bits per heavy atom. The predicted octanol–water partition coefficient (Wildman–Crippen LogP) is 4.26. The predicted molar refractivity (Wildman–Crippen MR) is 98.2 cm³/mol. The van der Waals surface area contributed by atoms with Gasteiger partial charge in [0.25, 0.3) is 0 Å². The zero-order valence-electron chi connectivity index (χ0n) is 13.8. The maximum atomic E-state index is 12.3. The minimum Gasteiger partial charge on any atom is -0.493 e. The van der Waals surface area contributed by atoms with Gasteiger partial charge in [-0.2, -0.15) is 5.26 Å². The quantitative estimate of drug-likeness (QED) is 0.511. The zero-order valence-corrected chi connectivity index (χ0v) is 15.4. The standard InChI is InChI=1S/C19H16BrNO4/c1-23-18-11-14(16(20)12-19(18)24-2)5-8-17(22)13-3-6-15(7-4-13)25-10-9-21/h3-8,11-12H,10H2,1-2H3/b8-5+. The second kappa shape index (κ2) is 8.90. The van der Waals surface area contributed by atoms with Gasteiger partial charge in [0.05, 0.1) is 14.2 Å². The molecule has 2 aromatic carbocycles. The van der Waals surface area contributed by atoms with Gasteiger partial charge in [0.2, 0.25) is 0 Å². The van der Waals surface area contributed by atoms with Crippen LogP contribution >= 0.6 is 15.9 Å². The van der Waals surface area contributed by atoms with Crippen molar-refractivity contribution < 1.29 is 19.0 Å². The highest BCUT2D eigenvalue weighted by molar-refractivity contribution is 9.10. The van der Waals surface area contributed by atoms with Gasteiger partial charge in [-0.05, 0) is 54.1 Å². The topological polar surface area (TPSA) is 68.5 Å². The van der Waals surface area contributed by atoms with Gasteiger partial charge < -0.3 is 14.2 Å². The van der Waals surface area contributed by atoms with E-state index >= 15 is 0 Å². The highest BCUT2D eigenvalue weighted by Gasteiger charge is 2.08. The van der Waals surface area contributed by atoms with Crippen molar-refractivity contribution in [3.05, 3.63) is 58.1 Å². The minimum atomic E-state index is -0.145. The number of nitrogens with zero attached hydrogens (tertiary/aromatic N) is 1. The summed E-state index contributed by atoms with van der Waals surface area (Å²) in [7, 11) is 3.12. The lowest BCUT2D eigenvalue weighted by atomic mass is 10.1. The van der Waals surface area contributed by atoms with E-state index in [-0.39, 0.29) is 12.4 Å². The van der Waals surface area contributed by atoms with Gasteiger partial charge >= 0.3 is 0 Å². The molecule has 0 aliphatic rings. The molecule has 2 rings (SSSR count). The van der Waals surface area contributed by atoms with Crippen LogP contribution in [0.25, 0.3) is 6.08 Å². The van der Waals surface area contributed by atoms with E-state index in [0.717, 1.165) is 10.0 Å². The van der Waals surface area contributed by atoms with Crippen molar-refractivity contribution in [1.29, 1.82) is 5.26 Å². The number of allylic oxidation sites excluding steroid dienone is 1. The van der Waals surface area contributed by atoms with Crippen molar-refractivity contribution in [1.82, 2.24) is 0 Å². The lowest BCUT2D eigenvalue weighted by Crippen LogP contribution is -1.97. The molecule has 0 saturated heterocycles. The van der Waals surface area contributed by atoms with Crippen molar-refractivity contribution in [2.45, 2.75) is 0 Å². The largest absolute Gasteiger partial charge is 0.493 e. The van der Waals surface area contributed by atoms with E-state index in [1.807, 2.05) is 6.07 Å². The molecule has 0 atom stereocenters. The van der Waals surface area contributed by atoms with E-state index in [1.54, 1.807) is 56.7 Å². The summed E-state index contributed by atoms with van der Waals surface area (Å²) in [5.74, 6) is 1.58. The van der Waals surface area contributed by atoms with Crippen molar-refractivity contribution in [2.75, 3.05) is 20.8 Å². The fraction of sp³-hybridized carbons (Fsp3) is 0.158. The van der Waals surface area contributed by atoms with Crippen LogP contribution in [0, 0.1) is 11.3 Å². The van der Waals surface area contributed by atoms with Gasteiger partial charge in [-0.1, -0.05) is 15.9 Å². The van der Waals surface area contributed by atoms with Gasteiger partial charge in [-0.25, -0.2) is 0 Å². The first kappa shape index (κ1) is 18.6. The lowest BCUT2D eigenvalue weighted by molar-refractivity contribution is 0.104. The van der Waals surface area contributed by atoms with E-state index in [1.165, 1.54) is 6.08 Å². The molecule has 0 fully saturated rings. The average molecular weight is 402 g/mol. The number of carbonyl (C=O) groups excluding carboxylic acids is 1. The number of hydrogen-bond acceptors (Lipinski definition) is 5. The number of hydrogen-bond donors (Lipinski definition) is 0. The minimum absolute atomic E-state index is 0.0273. The number of benzene rings is 2. The van der Waals surface area contributed by atoms with Crippen LogP contribution in [0.4, 0.5) is 0 Å². The molecular formula is C19H16BrNO4. The van der Waals surface area contributed by atoms with Gasteiger partial charge in [0.1, 0.15) is 11.8 Å². The monoisotopic (exact) mass is 401 g/mol. The smallest absolute Gasteiger partial charge is 0.185 e. The van der Waals surface area contributed by atoms with Gasteiger partial charge in [0, 0.05) is 10.0 Å². The molecule has 0 bridgehead atoms. The van der Waals surface area contributed by atoms with Crippen LogP contribution in [0.1, 0.15) is 15.9 Å². The van der Waals surface area contributed by atoms with Crippen LogP contribution in [0.2, 0.25) is 0 Å². The fourth-order valence-electron chi connectivity index (χ4n) is 2.09. The molecule has 25 heavy (non-hydrogen) atoms. The molecule has 6 heteroatoms. The van der Waals surface area contributed by atoms with Crippen LogP contribution in [0.15, 0.2) is 46.9 Å². The number of carbonyl (C=O) groups is 1. The zero-order chi connectivity index (χ0) is 18.2. The molecule has 0 heterocycles. The molecule has 0 N–H and O–H groups in total. The molecule has 5 nitrogen and oxygen atoms in total. The molecule has 0 aliphatic carbocycles. The van der Waals surface area contributed by atoms with E-state index < -0.39 is 0 Å². The molecular weight excluding hydrogens is 386 g/mol. The SMILES string of the molecule is COc1cc(Br)c(/C=C/C(=O)c2ccc(OCC#N)cc2)cc1OC. The third-order valence-electron chi connectivity index (χ3n) is 3.36. The van der Waals surface area contributed by atoms with Gasteiger partial charge in [-0.15, -0.1) is 0 Å². The average Bonchev–Trinajstić information content (AvgIpc) is 2.65. The number of methoxy groups -OCH3 is 2. The number of ketones is 1. The molecule has 0 amide bonds. The highest BCUT2D eigenvalue weighted by Crippen LogP contribution is 2.33. The van der Waals surface area contributed by atoms with Crippen molar-refractivity contribution in [3.8, 4) is 23.3 Å². The van der Waals surface area contributed by atoms with Crippen LogP contribution < -0.4 is 14.2 Å². The molecule has 0 spiro atoms. The maximum Gasteiger partial charge on any atom is 0.185 e. The first-order valence-electron chi connectivity index (χ1n) is 7.32. The summed E-state index contributed by atoms with van der Waals surface area (Å²) in [5, 5.41) is 8.48. The van der Waals surface area contributed by atoms with Crippen LogP contribution in [0.5, 0.6) is 17.2 Å². The molecule has 0 unspecified atom stereocenters. The third kappa shape index (κ3) is 4.85. The maximum absolute atomic E-state index is 12.3. The summed E-state index contributed by atoms with van der Waals surface area (Å²) in [6.45, 7) is -0.0273. The van der Waals surface area contributed by atoms with Crippen molar-refractivity contribution in [2.24, 2.45) is 0 Å². The van der Waals surface area contributed by atoms with E-state index in [4.69, 9.17) is 19.5 Å². The van der Waals surface area contributed by atoms with Crippen LogP contribution in [-0.4, -0.2) is 26.6 Å². The van der Waals surface area contributed by atoms with Crippen molar-refractivity contribution in [3.63, 3.8) is 0 Å². The lowest BCUT2D eigenvalue weighted by Gasteiger charge is -2.09. The molecule has 0 radical (unpaired) electrons.